The highest BCUT2D eigenvalue weighted by molar-refractivity contribution is 6.38. The van der Waals surface area contributed by atoms with Crippen LogP contribution >= 0.6 is 0 Å². The fourth-order valence-electron chi connectivity index (χ4n) is 6.48. The van der Waals surface area contributed by atoms with E-state index in [0.29, 0.717) is 31.0 Å². The summed E-state index contributed by atoms with van der Waals surface area (Å²) >= 11 is 0. The number of methoxy groups -OCH3 is 1. The molecule has 5 rings (SSSR count). The van der Waals surface area contributed by atoms with Crippen LogP contribution in [0.1, 0.15) is 42.6 Å². The predicted octanol–water partition coefficient (Wildman–Crippen LogP) is 0.106. The molecule has 0 radical (unpaired) electrons. The average molecular weight is 554 g/mol. The second kappa shape index (κ2) is 11.7. The van der Waals surface area contributed by atoms with Crippen LogP contribution in [0.15, 0.2) is 24.3 Å². The van der Waals surface area contributed by atoms with Crippen molar-refractivity contribution < 1.29 is 33.8 Å². The molecular weight excluding hydrogens is 518 g/mol. The molecule has 3 heterocycles. The first kappa shape index (κ1) is 27.6. The number of ketones is 1. The molecule has 214 valence electrons. The van der Waals surface area contributed by atoms with Gasteiger partial charge in [-0.3, -0.25) is 24.0 Å². The zero-order chi connectivity index (χ0) is 28.4. The van der Waals surface area contributed by atoms with Gasteiger partial charge in [-0.05, 0) is 55.7 Å². The summed E-state index contributed by atoms with van der Waals surface area (Å²) in [5.74, 6) is -2.72. The van der Waals surface area contributed by atoms with Gasteiger partial charge in [0.25, 0.3) is 11.8 Å². The Hall–Kier alpha value is -3.93. The number of ether oxygens (including phenoxy) is 1. The number of amides is 4. The van der Waals surface area contributed by atoms with E-state index < -0.39 is 35.6 Å². The van der Waals surface area contributed by atoms with Gasteiger partial charge in [-0.15, -0.1) is 0 Å². The molecule has 1 aromatic carbocycles. The van der Waals surface area contributed by atoms with Crippen LogP contribution in [0.5, 0.6) is 5.75 Å². The molecule has 2 aliphatic heterocycles. The van der Waals surface area contributed by atoms with Crippen LogP contribution in [0.2, 0.25) is 0 Å². The van der Waals surface area contributed by atoms with Crippen molar-refractivity contribution in [2.45, 2.75) is 44.2 Å². The van der Waals surface area contributed by atoms with E-state index in [2.05, 4.69) is 20.9 Å². The van der Waals surface area contributed by atoms with Crippen molar-refractivity contribution in [3.8, 4) is 5.75 Å². The summed E-state index contributed by atoms with van der Waals surface area (Å²) in [7, 11) is 1.56. The van der Waals surface area contributed by atoms with Gasteiger partial charge in [0.2, 0.25) is 17.6 Å². The number of carbonyl (C=O) groups excluding carboxylic acids is 5. The zero-order valence-electron chi connectivity index (χ0n) is 22.4. The van der Waals surface area contributed by atoms with E-state index in [0.717, 1.165) is 30.2 Å². The van der Waals surface area contributed by atoms with Crippen molar-refractivity contribution in [2.75, 3.05) is 33.4 Å². The van der Waals surface area contributed by atoms with Crippen LogP contribution in [0.3, 0.4) is 0 Å². The number of hydrogen-bond donors (Lipinski definition) is 5. The average Bonchev–Trinajstić information content (AvgIpc) is 3.74. The predicted molar refractivity (Wildman–Crippen MR) is 143 cm³/mol. The Morgan fingerprint density at radius 1 is 1.20 bits per heavy atom. The lowest BCUT2D eigenvalue weighted by Crippen LogP contribution is -2.55. The van der Waals surface area contributed by atoms with Gasteiger partial charge in [-0.1, -0.05) is 12.5 Å². The molecule has 3 fully saturated rings. The van der Waals surface area contributed by atoms with Crippen LogP contribution in [-0.2, 0) is 19.2 Å². The van der Waals surface area contributed by atoms with Gasteiger partial charge in [0, 0.05) is 36.5 Å². The number of aliphatic hydroxyl groups excluding tert-OH is 1. The highest BCUT2D eigenvalue weighted by Gasteiger charge is 2.50. The highest BCUT2D eigenvalue weighted by Crippen LogP contribution is 2.43. The summed E-state index contributed by atoms with van der Waals surface area (Å²) in [4.78, 5) is 70.2. The number of aromatic nitrogens is 1. The molecule has 0 bridgehead atoms. The number of aromatic amines is 1. The van der Waals surface area contributed by atoms with Crippen molar-refractivity contribution in [3.63, 3.8) is 0 Å². The Morgan fingerprint density at radius 2 is 2.02 bits per heavy atom. The minimum Gasteiger partial charge on any atom is -0.496 e. The molecule has 1 saturated carbocycles. The normalized spacial score (nSPS) is 24.4. The van der Waals surface area contributed by atoms with Gasteiger partial charge in [-0.2, -0.15) is 0 Å². The smallest absolute Gasteiger partial charge is 0.289 e. The van der Waals surface area contributed by atoms with Gasteiger partial charge in [0.05, 0.1) is 19.8 Å². The Balaban J connectivity index is 1.40. The molecule has 1 aromatic heterocycles. The van der Waals surface area contributed by atoms with Crippen molar-refractivity contribution in [1.82, 2.24) is 25.8 Å². The van der Waals surface area contributed by atoms with Crippen molar-refractivity contribution in [1.29, 1.82) is 0 Å². The van der Waals surface area contributed by atoms with Gasteiger partial charge >= 0.3 is 0 Å². The molecule has 12 nitrogen and oxygen atoms in total. The topological polar surface area (TPSA) is 170 Å². The minimum absolute atomic E-state index is 0.0282. The number of nitrogens with one attached hydrogen (secondary N) is 4. The van der Waals surface area contributed by atoms with Crippen LogP contribution in [0, 0.1) is 17.8 Å². The second-order valence-corrected chi connectivity index (χ2v) is 10.8. The van der Waals surface area contributed by atoms with E-state index in [1.54, 1.807) is 24.1 Å². The molecule has 1 unspecified atom stereocenters. The summed E-state index contributed by atoms with van der Waals surface area (Å²) < 4.78 is 5.42. The molecule has 5 atom stereocenters. The lowest BCUT2D eigenvalue weighted by molar-refractivity contribution is -0.141. The molecule has 12 heteroatoms. The van der Waals surface area contributed by atoms with Gasteiger partial charge in [0.15, 0.2) is 0 Å². The fourth-order valence-corrected chi connectivity index (χ4v) is 6.48. The third kappa shape index (κ3) is 5.27. The lowest BCUT2D eigenvalue weighted by atomic mass is 9.91. The maximum absolute atomic E-state index is 13.9. The quantitative estimate of drug-likeness (QED) is 0.260. The van der Waals surface area contributed by atoms with Crippen molar-refractivity contribution in [2.24, 2.45) is 17.8 Å². The van der Waals surface area contributed by atoms with Crippen molar-refractivity contribution >= 4 is 40.3 Å². The first-order chi connectivity index (χ1) is 19.3. The molecule has 4 amide bonds. The van der Waals surface area contributed by atoms with E-state index in [-0.39, 0.29) is 43.2 Å². The maximum Gasteiger partial charge on any atom is 0.289 e. The standard InChI is InChI=1S/C28H35N5O7/c1-40-22-7-3-6-19-18(22)13-21(31-19)28(39)33-14-16-4-2-5-17(16)23(33)26(37)32-20(12-15-8-9-29-25(15)36)24(35)27(38)30-10-11-34/h3,6-7,13,15-17,20,23,31,34H,2,4-5,8-12,14H2,1H3,(H,29,36)(H,30,38)(H,32,37)/t15-,16-,17-,20?,23-/m0/s1. The van der Waals surface area contributed by atoms with Crippen LogP contribution in [0.25, 0.3) is 10.9 Å². The molecule has 2 aromatic rings. The first-order valence-electron chi connectivity index (χ1n) is 13.8. The number of Topliss-reactive ketones (excluding diaryl/α,β-unsaturated/α-hetero) is 1. The van der Waals surface area contributed by atoms with E-state index in [4.69, 9.17) is 9.84 Å². The second-order valence-electron chi connectivity index (χ2n) is 10.8. The molecule has 2 saturated heterocycles. The molecule has 0 spiro atoms. The third-order valence-corrected chi connectivity index (χ3v) is 8.43. The Morgan fingerprint density at radius 3 is 2.75 bits per heavy atom. The van der Waals surface area contributed by atoms with E-state index >= 15 is 0 Å². The molecule has 5 N–H and O–H groups in total. The fraction of sp³-hybridized carbons (Fsp3) is 0.536. The van der Waals surface area contributed by atoms with E-state index in [1.807, 2.05) is 12.1 Å². The zero-order valence-corrected chi connectivity index (χ0v) is 22.4. The number of benzene rings is 1. The summed E-state index contributed by atoms with van der Waals surface area (Å²) in [6.07, 6.45) is 3.07. The number of likely N-dealkylation sites (tertiary alicyclic amines) is 1. The number of fused-ring (bicyclic) bond motifs is 2. The molecule has 3 aliphatic rings. The number of H-pyrrole nitrogens is 1. The van der Waals surface area contributed by atoms with Gasteiger partial charge < -0.3 is 35.7 Å². The largest absolute Gasteiger partial charge is 0.496 e. The number of aliphatic hydroxyl groups is 1. The summed E-state index contributed by atoms with van der Waals surface area (Å²) in [6, 6.07) is 5.13. The summed E-state index contributed by atoms with van der Waals surface area (Å²) in [5, 5.41) is 17.6. The lowest BCUT2D eigenvalue weighted by Gasteiger charge is -2.29. The van der Waals surface area contributed by atoms with Gasteiger partial charge in [0.1, 0.15) is 17.5 Å². The van der Waals surface area contributed by atoms with Crippen LogP contribution in [0.4, 0.5) is 0 Å². The SMILES string of the molecule is COc1cccc2[nH]c(C(=O)N3C[C@@H]4CCC[C@@H]4[C@H]3C(=O)NC(C[C@@H]3CCNC3=O)C(=O)C(=O)NCCO)cc12. The van der Waals surface area contributed by atoms with Crippen LogP contribution < -0.4 is 20.7 Å². The molecule has 1 aliphatic carbocycles. The number of hydrogen-bond acceptors (Lipinski definition) is 7. The summed E-state index contributed by atoms with van der Waals surface area (Å²) in [5.41, 5.74) is 1.06. The van der Waals surface area contributed by atoms with E-state index in [1.165, 1.54) is 0 Å². The maximum atomic E-state index is 13.9. The Labute approximate surface area is 231 Å². The monoisotopic (exact) mass is 553 g/mol. The van der Waals surface area contributed by atoms with Crippen LogP contribution in [-0.4, -0.2) is 89.8 Å². The van der Waals surface area contributed by atoms with Gasteiger partial charge in [-0.25, -0.2) is 0 Å². The molecular formula is C28H35N5O7. The number of rotatable bonds is 10. The minimum atomic E-state index is -1.24. The Bertz CT molecular complexity index is 1320. The first-order valence-corrected chi connectivity index (χ1v) is 13.8. The van der Waals surface area contributed by atoms with Crippen molar-refractivity contribution in [3.05, 3.63) is 30.0 Å². The third-order valence-electron chi connectivity index (χ3n) is 8.43. The Kier molecular flexibility index (Phi) is 8.06. The number of carbonyl (C=O) groups is 5. The highest BCUT2D eigenvalue weighted by atomic mass is 16.5. The summed E-state index contributed by atoms with van der Waals surface area (Å²) in [6.45, 7) is 0.412. The number of nitrogens with zero attached hydrogens (tertiary/aromatic N) is 1. The van der Waals surface area contributed by atoms with E-state index in [9.17, 15) is 24.0 Å². The molecule has 40 heavy (non-hydrogen) atoms.